The van der Waals surface area contributed by atoms with E-state index in [1.54, 1.807) is 0 Å². The fraction of sp³-hybridized carbons (Fsp3) is 0.0638. The van der Waals surface area contributed by atoms with Crippen LogP contribution in [0, 0.1) is 0 Å². The molecule has 0 atom stereocenters. The Balaban J connectivity index is 1.11. The smallest absolute Gasteiger partial charge is 0.0165 e. The van der Waals surface area contributed by atoms with Crippen molar-refractivity contribution in [3.8, 4) is 44.5 Å². The van der Waals surface area contributed by atoms with E-state index in [1.165, 1.54) is 98.7 Å². The van der Waals surface area contributed by atoms with Gasteiger partial charge < -0.3 is 0 Å². The molecular weight excluding hydrogens is 565 g/mol. The highest BCUT2D eigenvalue weighted by Gasteiger charge is 2.37. The molecule has 0 bridgehead atoms. The van der Waals surface area contributed by atoms with Gasteiger partial charge in [-0.2, -0.15) is 0 Å². The van der Waals surface area contributed by atoms with Crippen molar-refractivity contribution in [3.05, 3.63) is 169 Å². The van der Waals surface area contributed by atoms with Crippen LogP contribution in [0.1, 0.15) is 25.0 Å². The summed E-state index contributed by atoms with van der Waals surface area (Å²) >= 11 is 0. The van der Waals surface area contributed by atoms with Crippen LogP contribution in [0.3, 0.4) is 0 Å². The molecule has 0 nitrogen and oxygen atoms in total. The quantitative estimate of drug-likeness (QED) is 0.178. The highest BCUT2D eigenvalue weighted by molar-refractivity contribution is 6.25. The first-order valence-electron chi connectivity index (χ1n) is 16.6. The minimum atomic E-state index is -0.0918. The van der Waals surface area contributed by atoms with E-state index in [9.17, 15) is 0 Å². The van der Waals surface area contributed by atoms with Crippen molar-refractivity contribution >= 4 is 43.1 Å². The van der Waals surface area contributed by atoms with Crippen molar-refractivity contribution in [1.82, 2.24) is 0 Å². The van der Waals surface area contributed by atoms with Gasteiger partial charge >= 0.3 is 0 Å². The zero-order valence-electron chi connectivity index (χ0n) is 26.5. The van der Waals surface area contributed by atoms with Gasteiger partial charge in [0.2, 0.25) is 0 Å². The maximum Gasteiger partial charge on any atom is 0.0165 e. The van der Waals surface area contributed by atoms with E-state index in [0.717, 1.165) is 0 Å². The average Bonchev–Trinajstić information content (AvgIpc) is 3.36. The Morgan fingerprint density at radius 1 is 0.340 bits per heavy atom. The molecule has 0 aliphatic heterocycles. The van der Waals surface area contributed by atoms with Gasteiger partial charge in [-0.15, -0.1) is 0 Å². The van der Waals surface area contributed by atoms with E-state index in [1.807, 2.05) is 0 Å². The molecule has 10 rings (SSSR count). The first kappa shape index (κ1) is 26.5. The second-order valence-corrected chi connectivity index (χ2v) is 13.7. The Kier molecular flexibility index (Phi) is 5.44. The summed E-state index contributed by atoms with van der Waals surface area (Å²) < 4.78 is 0. The molecule has 0 saturated carbocycles. The summed E-state index contributed by atoms with van der Waals surface area (Å²) in [7, 11) is 0. The maximum atomic E-state index is 2.45. The first-order chi connectivity index (χ1) is 23.1. The molecule has 0 heterocycles. The summed E-state index contributed by atoms with van der Waals surface area (Å²) in [5.41, 5.74) is 13.0. The molecule has 0 saturated heterocycles. The molecule has 0 amide bonds. The highest BCUT2D eigenvalue weighted by atomic mass is 14.4. The van der Waals surface area contributed by atoms with Gasteiger partial charge in [0.25, 0.3) is 0 Å². The van der Waals surface area contributed by atoms with Crippen molar-refractivity contribution in [2.24, 2.45) is 0 Å². The van der Waals surface area contributed by atoms with E-state index in [2.05, 4.69) is 172 Å². The van der Waals surface area contributed by atoms with E-state index in [0.29, 0.717) is 0 Å². The molecule has 0 fully saturated rings. The van der Waals surface area contributed by atoms with Gasteiger partial charge in [-0.1, -0.05) is 159 Å². The molecule has 0 spiro atoms. The maximum absolute atomic E-state index is 2.45. The predicted molar refractivity (Wildman–Crippen MR) is 202 cm³/mol. The Morgan fingerprint density at radius 3 is 1.70 bits per heavy atom. The van der Waals surface area contributed by atoms with Crippen LogP contribution in [0.15, 0.2) is 158 Å². The summed E-state index contributed by atoms with van der Waals surface area (Å²) in [5.74, 6) is 0. The largest absolute Gasteiger partial charge is 0.0616 e. The Bertz CT molecular complexity index is 2690. The molecule has 9 aromatic rings. The second-order valence-electron chi connectivity index (χ2n) is 13.7. The lowest BCUT2D eigenvalue weighted by molar-refractivity contribution is 0.666. The first-order valence-corrected chi connectivity index (χ1v) is 16.6. The number of hydrogen-bond acceptors (Lipinski definition) is 0. The molecule has 0 heteroatoms. The number of hydrogen-bond donors (Lipinski definition) is 0. The number of rotatable bonds is 3. The van der Waals surface area contributed by atoms with Gasteiger partial charge in [0.15, 0.2) is 0 Å². The van der Waals surface area contributed by atoms with Gasteiger partial charge in [0.1, 0.15) is 0 Å². The Morgan fingerprint density at radius 2 is 0.894 bits per heavy atom. The second kappa shape index (κ2) is 9.64. The Labute approximate surface area is 274 Å². The van der Waals surface area contributed by atoms with Crippen LogP contribution in [0.2, 0.25) is 0 Å². The minimum absolute atomic E-state index is 0.0918. The summed E-state index contributed by atoms with van der Waals surface area (Å²) in [6.07, 6.45) is 0. The monoisotopic (exact) mass is 596 g/mol. The van der Waals surface area contributed by atoms with E-state index >= 15 is 0 Å². The van der Waals surface area contributed by atoms with Crippen LogP contribution in [0.4, 0.5) is 0 Å². The lowest BCUT2D eigenvalue weighted by atomic mass is 9.79. The normalized spacial score (nSPS) is 13.5. The molecule has 0 radical (unpaired) electrons. The topological polar surface area (TPSA) is 0 Å². The van der Waals surface area contributed by atoms with Crippen LogP contribution < -0.4 is 0 Å². The third-order valence-electron chi connectivity index (χ3n) is 10.8. The van der Waals surface area contributed by atoms with Crippen molar-refractivity contribution in [1.29, 1.82) is 0 Å². The summed E-state index contributed by atoms with van der Waals surface area (Å²) in [4.78, 5) is 0. The average molecular weight is 597 g/mol. The van der Waals surface area contributed by atoms with Crippen molar-refractivity contribution in [2.75, 3.05) is 0 Å². The van der Waals surface area contributed by atoms with E-state index < -0.39 is 0 Å². The zero-order chi connectivity index (χ0) is 31.3. The molecule has 1 aliphatic carbocycles. The zero-order valence-corrected chi connectivity index (χ0v) is 26.5. The van der Waals surface area contributed by atoms with Gasteiger partial charge in [-0.25, -0.2) is 0 Å². The third kappa shape index (κ3) is 3.76. The van der Waals surface area contributed by atoms with Gasteiger partial charge in [-0.05, 0) is 111 Å². The van der Waals surface area contributed by atoms with Crippen molar-refractivity contribution in [2.45, 2.75) is 19.3 Å². The third-order valence-corrected chi connectivity index (χ3v) is 10.8. The van der Waals surface area contributed by atoms with Gasteiger partial charge in [0, 0.05) is 5.41 Å². The van der Waals surface area contributed by atoms with Crippen molar-refractivity contribution < 1.29 is 0 Å². The summed E-state index contributed by atoms with van der Waals surface area (Å²) in [6.45, 7) is 4.78. The van der Waals surface area contributed by atoms with E-state index in [-0.39, 0.29) is 5.41 Å². The Hall–Kier alpha value is -5.72. The molecule has 0 N–H and O–H groups in total. The van der Waals surface area contributed by atoms with Gasteiger partial charge in [-0.3, -0.25) is 0 Å². The van der Waals surface area contributed by atoms with Crippen molar-refractivity contribution in [3.63, 3.8) is 0 Å². The van der Waals surface area contributed by atoms with E-state index in [4.69, 9.17) is 0 Å². The fourth-order valence-corrected chi connectivity index (χ4v) is 8.60. The number of benzene rings is 9. The van der Waals surface area contributed by atoms with Crippen LogP contribution in [-0.4, -0.2) is 0 Å². The van der Waals surface area contributed by atoms with Crippen LogP contribution in [0.5, 0.6) is 0 Å². The molecule has 220 valence electrons. The fourth-order valence-electron chi connectivity index (χ4n) is 8.60. The molecular formula is C47H32. The molecule has 0 aromatic heterocycles. The minimum Gasteiger partial charge on any atom is -0.0616 e. The van der Waals surface area contributed by atoms with Crippen LogP contribution in [0.25, 0.3) is 87.6 Å². The van der Waals surface area contributed by atoms with Crippen LogP contribution >= 0.6 is 0 Å². The summed E-state index contributed by atoms with van der Waals surface area (Å²) in [5, 5.41) is 10.6. The molecule has 9 aromatic carbocycles. The summed E-state index contributed by atoms with van der Waals surface area (Å²) in [6, 6.07) is 58.9. The van der Waals surface area contributed by atoms with Gasteiger partial charge in [0.05, 0.1) is 0 Å². The highest BCUT2D eigenvalue weighted by Crippen LogP contribution is 2.52. The van der Waals surface area contributed by atoms with Crippen LogP contribution in [-0.2, 0) is 5.41 Å². The SMILES string of the molecule is CC1(C)c2cc(-c3ccccc3-c3cccc(-c4ccc5ccc6cccc7ccc4c5c67)c3)ccc2-c2ccc3ccccc3c21. The predicted octanol–water partition coefficient (Wildman–Crippen LogP) is 13.0. The molecule has 0 unspecified atom stereocenters. The molecule has 1 aliphatic rings. The molecule has 47 heavy (non-hydrogen) atoms. The lowest BCUT2D eigenvalue weighted by Crippen LogP contribution is -2.15. The lowest BCUT2D eigenvalue weighted by Gasteiger charge is -2.24. The standard InChI is InChI=1S/C47H32/c1-47(2)43-28-35(22-24-40(43)42-26-19-29-9-3-4-16-39(29)46(42)47)37-15-6-5-14-36(37)33-12-8-13-34(27-33)38-23-20-32-18-17-30-10-7-11-31-21-25-41(38)45(32)44(30)31/h3-28H,1-2H3. The number of fused-ring (bicyclic) bond motifs is 5.